The van der Waals surface area contributed by atoms with E-state index in [-0.39, 0.29) is 29.7 Å². The Hall–Kier alpha value is -1.56. The lowest BCUT2D eigenvalue weighted by Gasteiger charge is -2.14. The minimum absolute atomic E-state index is 0.0870. The van der Waals surface area contributed by atoms with Crippen LogP contribution in [-0.4, -0.2) is 28.1 Å². The number of carboxylic acids is 1. The van der Waals surface area contributed by atoms with Crippen molar-refractivity contribution in [2.24, 2.45) is 0 Å². The molecule has 104 valence electrons. The van der Waals surface area contributed by atoms with E-state index >= 15 is 0 Å². The molecule has 1 unspecified atom stereocenters. The zero-order valence-corrected chi connectivity index (χ0v) is 12.1. The van der Waals surface area contributed by atoms with Gasteiger partial charge in [0.2, 0.25) is 0 Å². The van der Waals surface area contributed by atoms with Gasteiger partial charge in [-0.05, 0) is 38.0 Å². The Morgan fingerprint density at radius 1 is 1.42 bits per heavy atom. The van der Waals surface area contributed by atoms with E-state index in [1.165, 1.54) is 12.1 Å². The van der Waals surface area contributed by atoms with Crippen LogP contribution in [0.1, 0.15) is 36.5 Å². The molecule has 19 heavy (non-hydrogen) atoms. The standard InChI is InChI=1S/C13H16BrNO4/c1-8(3-2-4-12(17)18)15-13(19)10-6-5-9(14)7-11(10)16/h5-8,16H,2-4H2,1H3,(H,15,19)(H,17,18). The summed E-state index contributed by atoms with van der Waals surface area (Å²) >= 11 is 3.20. The second-order valence-electron chi connectivity index (χ2n) is 4.32. The van der Waals surface area contributed by atoms with Gasteiger partial charge in [-0.3, -0.25) is 9.59 Å². The molecule has 1 amide bonds. The highest BCUT2D eigenvalue weighted by Gasteiger charge is 2.14. The second-order valence-corrected chi connectivity index (χ2v) is 5.24. The number of rotatable bonds is 6. The fourth-order valence-electron chi connectivity index (χ4n) is 1.63. The fraction of sp³-hybridized carbons (Fsp3) is 0.385. The Kier molecular flexibility index (Phi) is 5.82. The molecule has 1 aromatic rings. The number of nitrogens with one attached hydrogen (secondary N) is 1. The predicted octanol–water partition coefficient (Wildman–Crippen LogP) is 2.53. The van der Waals surface area contributed by atoms with Crippen LogP contribution in [0.5, 0.6) is 5.75 Å². The van der Waals surface area contributed by atoms with Crippen LogP contribution >= 0.6 is 15.9 Å². The van der Waals surface area contributed by atoms with Gasteiger partial charge in [-0.1, -0.05) is 15.9 Å². The molecule has 0 heterocycles. The maximum absolute atomic E-state index is 11.9. The first kappa shape index (κ1) is 15.5. The summed E-state index contributed by atoms with van der Waals surface area (Å²) in [5.41, 5.74) is 0.202. The first-order valence-electron chi connectivity index (χ1n) is 5.91. The van der Waals surface area contributed by atoms with E-state index in [4.69, 9.17) is 5.11 Å². The normalized spacial score (nSPS) is 11.9. The molecule has 0 fully saturated rings. The Balaban J connectivity index is 2.52. The molecule has 0 aliphatic carbocycles. The molecular formula is C13H16BrNO4. The summed E-state index contributed by atoms with van der Waals surface area (Å²) in [5.74, 6) is -1.30. The van der Waals surface area contributed by atoms with Gasteiger partial charge in [0, 0.05) is 16.9 Å². The zero-order chi connectivity index (χ0) is 14.4. The van der Waals surface area contributed by atoms with E-state index in [2.05, 4.69) is 21.2 Å². The summed E-state index contributed by atoms with van der Waals surface area (Å²) < 4.78 is 0.691. The molecule has 0 saturated heterocycles. The third-order valence-corrected chi connectivity index (χ3v) is 3.10. The maximum atomic E-state index is 11.9. The Morgan fingerprint density at radius 3 is 2.68 bits per heavy atom. The molecule has 1 aromatic carbocycles. The molecule has 1 atom stereocenters. The van der Waals surface area contributed by atoms with E-state index in [9.17, 15) is 14.7 Å². The van der Waals surface area contributed by atoms with Gasteiger partial charge in [0.05, 0.1) is 5.56 Å². The fourth-order valence-corrected chi connectivity index (χ4v) is 1.98. The van der Waals surface area contributed by atoms with E-state index in [0.717, 1.165) is 0 Å². The zero-order valence-electron chi connectivity index (χ0n) is 10.5. The van der Waals surface area contributed by atoms with Gasteiger partial charge in [0.15, 0.2) is 0 Å². The van der Waals surface area contributed by atoms with Crippen LogP contribution in [0.3, 0.4) is 0 Å². The monoisotopic (exact) mass is 329 g/mol. The van der Waals surface area contributed by atoms with Crippen LogP contribution in [0, 0.1) is 0 Å². The molecule has 0 radical (unpaired) electrons. The Bertz CT molecular complexity index is 476. The van der Waals surface area contributed by atoms with Crippen LogP contribution in [0.25, 0.3) is 0 Å². The van der Waals surface area contributed by atoms with Gasteiger partial charge >= 0.3 is 5.97 Å². The van der Waals surface area contributed by atoms with Gasteiger partial charge < -0.3 is 15.5 Å². The Labute approximate surface area is 119 Å². The number of phenols is 1. The molecule has 3 N–H and O–H groups in total. The minimum atomic E-state index is -0.843. The van der Waals surface area contributed by atoms with Crippen LogP contribution in [0.2, 0.25) is 0 Å². The first-order valence-corrected chi connectivity index (χ1v) is 6.70. The summed E-state index contributed by atoms with van der Waals surface area (Å²) in [6.07, 6.45) is 1.17. The van der Waals surface area contributed by atoms with Crippen LogP contribution in [0.4, 0.5) is 0 Å². The van der Waals surface area contributed by atoms with E-state index < -0.39 is 5.97 Å². The van der Waals surface area contributed by atoms with Crippen molar-refractivity contribution in [2.75, 3.05) is 0 Å². The molecular weight excluding hydrogens is 314 g/mol. The summed E-state index contributed by atoms with van der Waals surface area (Å²) in [6.45, 7) is 1.80. The number of phenolic OH excluding ortho intramolecular Hbond substituents is 1. The smallest absolute Gasteiger partial charge is 0.303 e. The van der Waals surface area contributed by atoms with Crippen LogP contribution < -0.4 is 5.32 Å². The van der Waals surface area contributed by atoms with Crippen molar-refractivity contribution in [3.8, 4) is 5.75 Å². The SMILES string of the molecule is CC(CCCC(=O)O)NC(=O)c1ccc(Br)cc1O. The van der Waals surface area contributed by atoms with Gasteiger partial charge in [0.1, 0.15) is 5.75 Å². The number of aliphatic carboxylic acids is 1. The number of aromatic hydroxyl groups is 1. The van der Waals surface area contributed by atoms with Crippen molar-refractivity contribution >= 4 is 27.8 Å². The van der Waals surface area contributed by atoms with E-state index in [0.29, 0.717) is 17.3 Å². The largest absolute Gasteiger partial charge is 0.507 e. The van der Waals surface area contributed by atoms with Crippen molar-refractivity contribution in [3.05, 3.63) is 28.2 Å². The van der Waals surface area contributed by atoms with E-state index in [1.807, 2.05) is 0 Å². The molecule has 5 nitrogen and oxygen atoms in total. The molecule has 6 heteroatoms. The number of carbonyl (C=O) groups excluding carboxylic acids is 1. The lowest BCUT2D eigenvalue weighted by molar-refractivity contribution is -0.137. The second kappa shape index (κ2) is 7.13. The van der Waals surface area contributed by atoms with E-state index in [1.54, 1.807) is 13.0 Å². The summed E-state index contributed by atoms with van der Waals surface area (Å²) in [5, 5.41) is 20.9. The highest BCUT2D eigenvalue weighted by Crippen LogP contribution is 2.22. The Morgan fingerprint density at radius 2 is 2.11 bits per heavy atom. The number of halogens is 1. The van der Waals surface area contributed by atoms with Crippen molar-refractivity contribution in [1.29, 1.82) is 0 Å². The summed E-state index contributed by atoms with van der Waals surface area (Å²) in [6, 6.07) is 4.50. The van der Waals surface area contributed by atoms with Crippen molar-refractivity contribution in [2.45, 2.75) is 32.2 Å². The molecule has 0 bridgehead atoms. The van der Waals surface area contributed by atoms with Crippen molar-refractivity contribution in [1.82, 2.24) is 5.32 Å². The van der Waals surface area contributed by atoms with Gasteiger partial charge in [-0.15, -0.1) is 0 Å². The molecule has 0 saturated carbocycles. The number of benzene rings is 1. The third-order valence-electron chi connectivity index (χ3n) is 2.61. The number of carbonyl (C=O) groups is 2. The van der Waals surface area contributed by atoms with Crippen LogP contribution in [-0.2, 0) is 4.79 Å². The van der Waals surface area contributed by atoms with Gasteiger partial charge in [0.25, 0.3) is 5.91 Å². The molecule has 0 spiro atoms. The van der Waals surface area contributed by atoms with Crippen LogP contribution in [0.15, 0.2) is 22.7 Å². The third kappa shape index (κ3) is 5.30. The number of amides is 1. The number of carboxylic acid groups (broad SMARTS) is 1. The maximum Gasteiger partial charge on any atom is 0.303 e. The number of hydrogen-bond donors (Lipinski definition) is 3. The first-order chi connectivity index (χ1) is 8.90. The molecule has 0 aliphatic heterocycles. The summed E-state index contributed by atoms with van der Waals surface area (Å²) in [4.78, 5) is 22.3. The average molecular weight is 330 g/mol. The lowest BCUT2D eigenvalue weighted by Crippen LogP contribution is -2.32. The number of hydrogen-bond acceptors (Lipinski definition) is 3. The molecule has 0 aromatic heterocycles. The minimum Gasteiger partial charge on any atom is -0.507 e. The predicted molar refractivity (Wildman–Crippen MR) is 74.2 cm³/mol. The van der Waals surface area contributed by atoms with Gasteiger partial charge in [-0.25, -0.2) is 0 Å². The average Bonchev–Trinajstić information content (AvgIpc) is 2.27. The highest BCUT2D eigenvalue weighted by atomic mass is 79.9. The topological polar surface area (TPSA) is 86.6 Å². The molecule has 1 rings (SSSR count). The quantitative estimate of drug-likeness (QED) is 0.748. The van der Waals surface area contributed by atoms with Crippen molar-refractivity contribution < 1.29 is 19.8 Å². The van der Waals surface area contributed by atoms with Gasteiger partial charge in [-0.2, -0.15) is 0 Å². The van der Waals surface area contributed by atoms with Crippen molar-refractivity contribution in [3.63, 3.8) is 0 Å². The molecule has 0 aliphatic rings. The summed E-state index contributed by atoms with van der Waals surface area (Å²) in [7, 11) is 0. The highest BCUT2D eigenvalue weighted by molar-refractivity contribution is 9.10. The lowest BCUT2D eigenvalue weighted by atomic mass is 10.1.